The maximum Gasteiger partial charge on any atom is 0.225 e. The molecule has 2 rings (SSSR count). The van der Waals surface area contributed by atoms with Crippen LogP contribution in [0.15, 0.2) is 0 Å². The fourth-order valence-corrected chi connectivity index (χ4v) is 2.67. The van der Waals surface area contributed by atoms with Crippen LogP contribution >= 0.6 is 0 Å². The van der Waals surface area contributed by atoms with Gasteiger partial charge in [-0.1, -0.05) is 6.92 Å². The van der Waals surface area contributed by atoms with E-state index in [1.54, 1.807) is 0 Å². The SMILES string of the molecule is CCCN(CC1CC1)C(=O)C1CCC(N)C1. The molecule has 2 fully saturated rings. The summed E-state index contributed by atoms with van der Waals surface area (Å²) >= 11 is 0. The highest BCUT2D eigenvalue weighted by Gasteiger charge is 2.33. The Kier molecular flexibility index (Phi) is 3.85. The highest BCUT2D eigenvalue weighted by atomic mass is 16.2. The van der Waals surface area contributed by atoms with Crippen molar-refractivity contribution in [1.82, 2.24) is 4.90 Å². The van der Waals surface area contributed by atoms with Crippen LogP contribution in [0.3, 0.4) is 0 Å². The van der Waals surface area contributed by atoms with E-state index in [1.165, 1.54) is 12.8 Å². The molecule has 0 aromatic rings. The summed E-state index contributed by atoms with van der Waals surface area (Å²) in [4.78, 5) is 14.4. The molecule has 0 spiro atoms. The lowest BCUT2D eigenvalue weighted by molar-refractivity contribution is -0.135. The quantitative estimate of drug-likeness (QED) is 0.773. The van der Waals surface area contributed by atoms with E-state index in [4.69, 9.17) is 5.73 Å². The lowest BCUT2D eigenvalue weighted by Gasteiger charge is -2.25. The molecule has 0 radical (unpaired) electrons. The molecule has 16 heavy (non-hydrogen) atoms. The molecular formula is C13H24N2O. The van der Waals surface area contributed by atoms with Crippen LogP contribution in [-0.2, 0) is 4.79 Å². The molecule has 2 aliphatic rings. The topological polar surface area (TPSA) is 46.3 Å². The van der Waals surface area contributed by atoms with Crippen LogP contribution in [0.1, 0.15) is 45.4 Å². The molecule has 0 aromatic heterocycles. The number of nitrogens with two attached hydrogens (primary N) is 1. The molecular weight excluding hydrogens is 200 g/mol. The average molecular weight is 224 g/mol. The summed E-state index contributed by atoms with van der Waals surface area (Å²) in [5.41, 5.74) is 5.88. The Hall–Kier alpha value is -0.570. The zero-order valence-electron chi connectivity index (χ0n) is 10.3. The highest BCUT2D eigenvalue weighted by Crippen LogP contribution is 2.32. The van der Waals surface area contributed by atoms with Crippen LogP contribution in [0, 0.1) is 11.8 Å². The van der Waals surface area contributed by atoms with Gasteiger partial charge in [-0.25, -0.2) is 0 Å². The van der Waals surface area contributed by atoms with Crippen LogP contribution < -0.4 is 5.73 Å². The molecule has 0 bridgehead atoms. The zero-order valence-corrected chi connectivity index (χ0v) is 10.3. The number of amides is 1. The van der Waals surface area contributed by atoms with E-state index in [1.807, 2.05) is 0 Å². The first-order valence-corrected chi connectivity index (χ1v) is 6.75. The van der Waals surface area contributed by atoms with E-state index in [9.17, 15) is 4.79 Å². The summed E-state index contributed by atoms with van der Waals surface area (Å²) in [5, 5.41) is 0. The molecule has 92 valence electrons. The molecule has 3 nitrogen and oxygen atoms in total. The van der Waals surface area contributed by atoms with E-state index in [-0.39, 0.29) is 12.0 Å². The Balaban J connectivity index is 1.87. The van der Waals surface area contributed by atoms with Crippen LogP contribution in [-0.4, -0.2) is 29.9 Å². The lowest BCUT2D eigenvalue weighted by Crippen LogP contribution is -2.37. The van der Waals surface area contributed by atoms with Crippen molar-refractivity contribution in [3.63, 3.8) is 0 Å². The van der Waals surface area contributed by atoms with Gasteiger partial charge in [0.1, 0.15) is 0 Å². The molecule has 2 saturated carbocycles. The third-order valence-electron chi connectivity index (χ3n) is 3.80. The largest absolute Gasteiger partial charge is 0.342 e. The number of nitrogens with zero attached hydrogens (tertiary/aromatic N) is 1. The van der Waals surface area contributed by atoms with Gasteiger partial charge in [-0.3, -0.25) is 4.79 Å². The average Bonchev–Trinajstić information content (AvgIpc) is 2.97. The van der Waals surface area contributed by atoms with Crippen LogP contribution in [0.4, 0.5) is 0 Å². The summed E-state index contributed by atoms with van der Waals surface area (Å²) in [5.74, 6) is 1.40. The van der Waals surface area contributed by atoms with Crippen molar-refractivity contribution < 1.29 is 4.79 Å². The fraction of sp³-hybridized carbons (Fsp3) is 0.923. The first-order chi connectivity index (χ1) is 7.70. The standard InChI is InChI=1S/C13H24N2O/c1-2-7-15(9-10-3-4-10)13(16)11-5-6-12(14)8-11/h10-12H,2-9,14H2,1H3. The maximum atomic E-state index is 12.3. The second-order valence-electron chi connectivity index (χ2n) is 5.50. The molecule has 0 aromatic carbocycles. The summed E-state index contributed by atoms with van der Waals surface area (Å²) < 4.78 is 0. The van der Waals surface area contributed by atoms with Crippen LogP contribution in [0.2, 0.25) is 0 Å². The van der Waals surface area contributed by atoms with E-state index in [0.717, 1.165) is 44.7 Å². The van der Waals surface area contributed by atoms with E-state index >= 15 is 0 Å². The van der Waals surface area contributed by atoms with Gasteiger partial charge in [0, 0.05) is 25.0 Å². The fourth-order valence-electron chi connectivity index (χ4n) is 2.67. The Labute approximate surface area is 98.4 Å². The van der Waals surface area contributed by atoms with Crippen molar-refractivity contribution in [1.29, 1.82) is 0 Å². The van der Waals surface area contributed by atoms with Gasteiger partial charge in [0.2, 0.25) is 5.91 Å². The van der Waals surface area contributed by atoms with Gasteiger partial charge in [-0.15, -0.1) is 0 Å². The molecule has 0 heterocycles. The van der Waals surface area contributed by atoms with Crippen molar-refractivity contribution >= 4 is 5.91 Å². The summed E-state index contributed by atoms with van der Waals surface area (Å²) in [6.45, 7) is 4.08. The summed E-state index contributed by atoms with van der Waals surface area (Å²) in [7, 11) is 0. The molecule has 2 aliphatic carbocycles. The lowest BCUT2D eigenvalue weighted by atomic mass is 10.1. The predicted molar refractivity (Wildman–Crippen MR) is 64.9 cm³/mol. The molecule has 2 N–H and O–H groups in total. The van der Waals surface area contributed by atoms with Crippen molar-refractivity contribution in [3.8, 4) is 0 Å². The smallest absolute Gasteiger partial charge is 0.225 e. The van der Waals surface area contributed by atoms with E-state index in [2.05, 4.69) is 11.8 Å². The van der Waals surface area contributed by atoms with Gasteiger partial charge in [-0.2, -0.15) is 0 Å². The molecule has 3 heteroatoms. The number of carbonyl (C=O) groups is 1. The van der Waals surface area contributed by atoms with Crippen molar-refractivity contribution in [2.45, 2.75) is 51.5 Å². The Morgan fingerprint density at radius 3 is 2.56 bits per heavy atom. The highest BCUT2D eigenvalue weighted by molar-refractivity contribution is 5.79. The van der Waals surface area contributed by atoms with Crippen LogP contribution in [0.25, 0.3) is 0 Å². The summed E-state index contributed by atoms with van der Waals surface area (Å²) in [6.07, 6.45) is 6.64. The van der Waals surface area contributed by atoms with E-state index in [0.29, 0.717) is 5.91 Å². The Morgan fingerprint density at radius 2 is 2.06 bits per heavy atom. The van der Waals surface area contributed by atoms with Crippen molar-refractivity contribution in [2.24, 2.45) is 17.6 Å². The van der Waals surface area contributed by atoms with E-state index < -0.39 is 0 Å². The number of rotatable bonds is 5. The molecule has 0 aliphatic heterocycles. The van der Waals surface area contributed by atoms with Gasteiger partial charge in [0.05, 0.1) is 0 Å². The van der Waals surface area contributed by atoms with Crippen LogP contribution in [0.5, 0.6) is 0 Å². The molecule has 0 saturated heterocycles. The first-order valence-electron chi connectivity index (χ1n) is 6.75. The second kappa shape index (κ2) is 5.17. The van der Waals surface area contributed by atoms with Gasteiger partial charge < -0.3 is 10.6 Å². The number of hydrogen-bond donors (Lipinski definition) is 1. The number of carbonyl (C=O) groups excluding carboxylic acids is 1. The zero-order chi connectivity index (χ0) is 11.5. The minimum Gasteiger partial charge on any atom is -0.342 e. The second-order valence-corrected chi connectivity index (χ2v) is 5.50. The van der Waals surface area contributed by atoms with Crippen molar-refractivity contribution in [2.75, 3.05) is 13.1 Å². The minimum absolute atomic E-state index is 0.222. The maximum absolute atomic E-state index is 12.3. The molecule has 1 amide bonds. The van der Waals surface area contributed by atoms with Gasteiger partial charge in [0.15, 0.2) is 0 Å². The van der Waals surface area contributed by atoms with Gasteiger partial charge >= 0.3 is 0 Å². The summed E-state index contributed by atoms with van der Waals surface area (Å²) in [6, 6.07) is 0.262. The predicted octanol–water partition coefficient (Wildman–Crippen LogP) is 1.76. The first kappa shape index (κ1) is 11.9. The third-order valence-corrected chi connectivity index (χ3v) is 3.80. The van der Waals surface area contributed by atoms with Gasteiger partial charge in [-0.05, 0) is 44.4 Å². The normalized spacial score (nSPS) is 29.4. The van der Waals surface area contributed by atoms with Gasteiger partial charge in [0.25, 0.3) is 0 Å². The Bertz CT molecular complexity index is 250. The third kappa shape index (κ3) is 2.97. The monoisotopic (exact) mass is 224 g/mol. The molecule has 2 unspecified atom stereocenters. The molecule has 2 atom stereocenters. The minimum atomic E-state index is 0.222. The van der Waals surface area contributed by atoms with Crippen molar-refractivity contribution in [3.05, 3.63) is 0 Å². The number of hydrogen-bond acceptors (Lipinski definition) is 2. The Morgan fingerprint density at radius 1 is 1.31 bits per heavy atom.